The number of amides is 2. The largest absolute Gasteiger partial charge is 0.443 e. The van der Waals surface area contributed by atoms with Gasteiger partial charge in [-0.25, -0.2) is 4.98 Å². The molecule has 0 fully saturated rings. The highest BCUT2D eigenvalue weighted by molar-refractivity contribution is 7.13. The number of benzene rings is 1. The van der Waals surface area contributed by atoms with E-state index in [1.54, 1.807) is 24.3 Å². The molecule has 22 heavy (non-hydrogen) atoms. The summed E-state index contributed by atoms with van der Waals surface area (Å²) in [6.07, 6.45) is 1.48. The zero-order valence-electron chi connectivity index (χ0n) is 11.4. The second kappa shape index (κ2) is 4.92. The molecule has 0 saturated carbocycles. The summed E-state index contributed by atoms with van der Waals surface area (Å²) in [6.45, 7) is 0.112. The molecule has 6 heteroatoms. The predicted octanol–water partition coefficient (Wildman–Crippen LogP) is 3.20. The quantitative estimate of drug-likeness (QED) is 0.697. The maximum atomic E-state index is 12.3. The molecule has 108 valence electrons. The summed E-state index contributed by atoms with van der Waals surface area (Å²) in [6, 6.07) is 10.6. The van der Waals surface area contributed by atoms with Crippen molar-refractivity contribution in [3.8, 4) is 10.8 Å². The van der Waals surface area contributed by atoms with Gasteiger partial charge in [0, 0.05) is 0 Å². The average molecular weight is 310 g/mol. The van der Waals surface area contributed by atoms with Crippen molar-refractivity contribution in [2.75, 3.05) is 0 Å². The first-order valence-electron chi connectivity index (χ1n) is 6.67. The van der Waals surface area contributed by atoms with Crippen LogP contribution in [0.25, 0.3) is 10.8 Å². The Bertz CT molecular complexity index is 832. The summed E-state index contributed by atoms with van der Waals surface area (Å²) in [5.74, 6) is -0.0795. The number of imide groups is 1. The van der Waals surface area contributed by atoms with Crippen LogP contribution in [0, 0.1) is 0 Å². The van der Waals surface area contributed by atoms with Crippen molar-refractivity contribution in [3.05, 3.63) is 64.9 Å². The summed E-state index contributed by atoms with van der Waals surface area (Å²) < 4.78 is 5.42. The number of carbonyl (C=O) groups is 2. The third kappa shape index (κ3) is 1.96. The van der Waals surface area contributed by atoms with Crippen LogP contribution >= 0.6 is 11.3 Å². The fourth-order valence-corrected chi connectivity index (χ4v) is 3.09. The Hall–Kier alpha value is -2.73. The molecule has 1 aliphatic rings. The van der Waals surface area contributed by atoms with Gasteiger partial charge >= 0.3 is 0 Å². The van der Waals surface area contributed by atoms with Gasteiger partial charge in [-0.2, -0.15) is 0 Å². The maximum absolute atomic E-state index is 12.3. The lowest BCUT2D eigenvalue weighted by Crippen LogP contribution is -2.29. The van der Waals surface area contributed by atoms with Crippen molar-refractivity contribution in [2.45, 2.75) is 6.54 Å². The van der Waals surface area contributed by atoms with Gasteiger partial charge in [-0.15, -0.1) is 11.3 Å². The first-order chi connectivity index (χ1) is 10.7. The minimum absolute atomic E-state index is 0.112. The van der Waals surface area contributed by atoms with E-state index >= 15 is 0 Å². The minimum atomic E-state index is -0.290. The van der Waals surface area contributed by atoms with Crippen molar-refractivity contribution < 1.29 is 14.0 Å². The van der Waals surface area contributed by atoms with Gasteiger partial charge in [0.1, 0.15) is 6.26 Å². The van der Waals surface area contributed by atoms with Crippen molar-refractivity contribution in [3.63, 3.8) is 0 Å². The molecule has 3 heterocycles. The third-order valence-electron chi connectivity index (χ3n) is 3.48. The molecule has 0 bridgehead atoms. The molecule has 0 aliphatic carbocycles. The van der Waals surface area contributed by atoms with Crippen LogP contribution in [0.5, 0.6) is 0 Å². The summed E-state index contributed by atoms with van der Waals surface area (Å²) in [5, 5.41) is 1.93. The molecule has 0 spiro atoms. The predicted molar refractivity (Wildman–Crippen MR) is 80.5 cm³/mol. The third-order valence-corrected chi connectivity index (χ3v) is 4.34. The van der Waals surface area contributed by atoms with Crippen molar-refractivity contribution in [1.82, 2.24) is 9.88 Å². The van der Waals surface area contributed by atoms with E-state index in [2.05, 4.69) is 4.98 Å². The van der Waals surface area contributed by atoms with Gasteiger partial charge in [-0.05, 0) is 23.6 Å². The topological polar surface area (TPSA) is 63.4 Å². The zero-order chi connectivity index (χ0) is 15.1. The molecule has 5 nitrogen and oxygen atoms in total. The highest BCUT2D eigenvalue weighted by Gasteiger charge is 2.35. The molecule has 2 aromatic heterocycles. The van der Waals surface area contributed by atoms with Crippen molar-refractivity contribution in [1.29, 1.82) is 0 Å². The lowest BCUT2D eigenvalue weighted by Gasteiger charge is -2.11. The number of carbonyl (C=O) groups excluding carboxylic acids is 2. The van der Waals surface area contributed by atoms with E-state index in [4.69, 9.17) is 4.42 Å². The highest BCUT2D eigenvalue weighted by Crippen LogP contribution is 2.26. The van der Waals surface area contributed by atoms with Crippen LogP contribution in [0.1, 0.15) is 26.4 Å². The lowest BCUT2D eigenvalue weighted by atomic mass is 10.1. The van der Waals surface area contributed by atoms with Gasteiger partial charge in [0.2, 0.25) is 5.89 Å². The van der Waals surface area contributed by atoms with E-state index in [0.29, 0.717) is 22.7 Å². The summed E-state index contributed by atoms with van der Waals surface area (Å²) in [4.78, 5) is 31.0. The number of fused-ring (bicyclic) bond motifs is 1. The Kier molecular flexibility index (Phi) is 2.90. The zero-order valence-corrected chi connectivity index (χ0v) is 12.2. The highest BCUT2D eigenvalue weighted by atomic mass is 32.1. The number of nitrogens with zero attached hydrogens (tertiary/aromatic N) is 2. The molecule has 4 rings (SSSR count). The molecule has 3 aromatic rings. The van der Waals surface area contributed by atoms with Crippen molar-refractivity contribution in [2.24, 2.45) is 0 Å². The van der Waals surface area contributed by atoms with E-state index in [1.807, 2.05) is 17.5 Å². The molecule has 0 atom stereocenters. The Labute approximate surface area is 129 Å². The lowest BCUT2D eigenvalue weighted by molar-refractivity contribution is 0.0640. The first kappa shape index (κ1) is 13.0. The van der Waals surface area contributed by atoms with E-state index < -0.39 is 0 Å². The van der Waals surface area contributed by atoms with Crippen LogP contribution < -0.4 is 0 Å². The molecular formula is C16H10N2O3S. The van der Waals surface area contributed by atoms with Crippen LogP contribution in [-0.4, -0.2) is 21.7 Å². The van der Waals surface area contributed by atoms with Gasteiger partial charge in [0.25, 0.3) is 11.8 Å². The second-order valence-electron chi connectivity index (χ2n) is 4.86. The maximum Gasteiger partial charge on any atom is 0.261 e. The Balaban J connectivity index is 1.60. The average Bonchev–Trinajstić information content (AvgIpc) is 3.25. The molecule has 0 unspecified atom stereocenters. The normalized spacial score (nSPS) is 13.7. The minimum Gasteiger partial charge on any atom is -0.443 e. The summed E-state index contributed by atoms with van der Waals surface area (Å²) in [5.41, 5.74) is 1.43. The standard InChI is InChI=1S/C16H10N2O3S/c19-15-11-4-1-2-5-12(11)16(20)18(15)8-10-9-21-14(17-10)13-6-3-7-22-13/h1-7,9H,8H2. The number of hydrogen-bond donors (Lipinski definition) is 0. The summed E-state index contributed by atoms with van der Waals surface area (Å²) >= 11 is 1.52. The number of aromatic nitrogens is 1. The second-order valence-corrected chi connectivity index (χ2v) is 5.81. The molecule has 1 aliphatic heterocycles. The van der Waals surface area contributed by atoms with Crippen LogP contribution in [0.3, 0.4) is 0 Å². The van der Waals surface area contributed by atoms with Crippen LogP contribution in [0.4, 0.5) is 0 Å². The van der Waals surface area contributed by atoms with E-state index in [1.165, 1.54) is 22.5 Å². The van der Waals surface area contributed by atoms with Gasteiger partial charge in [0.15, 0.2) is 0 Å². The monoisotopic (exact) mass is 310 g/mol. The SMILES string of the molecule is O=C1c2ccccc2C(=O)N1Cc1coc(-c2cccs2)n1. The first-order valence-corrected chi connectivity index (χ1v) is 7.55. The fourth-order valence-electron chi connectivity index (χ4n) is 2.44. The van der Waals surface area contributed by atoms with Crippen LogP contribution in [0.2, 0.25) is 0 Å². The van der Waals surface area contributed by atoms with Crippen LogP contribution in [-0.2, 0) is 6.54 Å². The van der Waals surface area contributed by atoms with Crippen molar-refractivity contribution >= 4 is 23.2 Å². The van der Waals surface area contributed by atoms with E-state index in [-0.39, 0.29) is 18.4 Å². The smallest absolute Gasteiger partial charge is 0.261 e. The summed E-state index contributed by atoms with van der Waals surface area (Å²) in [7, 11) is 0. The fraction of sp³-hybridized carbons (Fsp3) is 0.0625. The Morgan fingerprint density at radius 2 is 1.77 bits per heavy atom. The number of hydrogen-bond acceptors (Lipinski definition) is 5. The van der Waals surface area contributed by atoms with Gasteiger partial charge in [-0.3, -0.25) is 14.5 Å². The molecule has 1 aromatic carbocycles. The Morgan fingerprint density at radius 1 is 1.05 bits per heavy atom. The number of thiophene rings is 1. The molecule has 0 N–H and O–H groups in total. The molecular weight excluding hydrogens is 300 g/mol. The molecule has 0 saturated heterocycles. The van der Waals surface area contributed by atoms with Gasteiger partial charge in [0.05, 0.1) is 28.2 Å². The van der Waals surface area contributed by atoms with E-state index in [9.17, 15) is 9.59 Å². The van der Waals surface area contributed by atoms with E-state index in [0.717, 1.165) is 4.88 Å². The van der Waals surface area contributed by atoms with Crippen LogP contribution in [0.15, 0.2) is 52.5 Å². The molecule has 0 radical (unpaired) electrons. The Morgan fingerprint density at radius 3 is 2.41 bits per heavy atom. The van der Waals surface area contributed by atoms with Gasteiger partial charge < -0.3 is 4.42 Å². The van der Waals surface area contributed by atoms with Gasteiger partial charge in [-0.1, -0.05) is 18.2 Å². The molecule has 2 amide bonds. The number of oxazole rings is 1. The number of rotatable bonds is 3.